The molecule has 0 aliphatic rings. The van der Waals surface area contributed by atoms with Crippen molar-refractivity contribution in [3.05, 3.63) is 0 Å². The molecule has 0 saturated heterocycles. The summed E-state index contributed by atoms with van der Waals surface area (Å²) in [4.78, 5) is 27.7. The summed E-state index contributed by atoms with van der Waals surface area (Å²) in [6.07, 6.45) is 37.4. The van der Waals surface area contributed by atoms with Gasteiger partial charge in [-0.05, 0) is 84.7 Å². The van der Waals surface area contributed by atoms with Gasteiger partial charge in [0, 0.05) is 13.0 Å². The quantitative estimate of drug-likeness (QED) is 0.0497. The highest BCUT2D eigenvalue weighted by Gasteiger charge is 2.30. The first-order valence-corrected chi connectivity index (χ1v) is 23.0. The smallest absolute Gasteiger partial charge is 0.311 e. The molecule has 0 unspecified atom stereocenters. The van der Waals surface area contributed by atoms with Crippen LogP contribution < -0.4 is 0 Å². The van der Waals surface area contributed by atoms with Crippen molar-refractivity contribution in [1.29, 1.82) is 0 Å². The van der Waals surface area contributed by atoms with E-state index in [9.17, 15) is 14.7 Å². The van der Waals surface area contributed by atoms with Gasteiger partial charge in [0.1, 0.15) is 6.10 Å². The molecule has 0 aliphatic carbocycles. The van der Waals surface area contributed by atoms with E-state index >= 15 is 0 Å². The molecule has 6 heteroatoms. The lowest BCUT2D eigenvalue weighted by molar-refractivity contribution is -0.161. The fraction of sp³-hybridized carbons (Fsp3) is 0.957. The molecule has 0 bridgehead atoms. The number of hydrogen-bond donors (Lipinski definition) is 1. The average molecular weight is 738 g/mol. The second-order valence-corrected chi connectivity index (χ2v) is 16.6. The van der Waals surface area contributed by atoms with E-state index in [4.69, 9.17) is 9.47 Å². The largest absolute Gasteiger partial charge is 0.466 e. The van der Waals surface area contributed by atoms with Crippen molar-refractivity contribution in [2.45, 2.75) is 246 Å². The lowest BCUT2D eigenvalue weighted by Crippen LogP contribution is -2.31. The van der Waals surface area contributed by atoms with Crippen molar-refractivity contribution in [2.24, 2.45) is 5.41 Å². The molecule has 0 aliphatic heterocycles. The Kier molecular flexibility index (Phi) is 37.3. The number of rotatable bonds is 41. The van der Waals surface area contributed by atoms with Crippen LogP contribution in [0.4, 0.5) is 0 Å². The molecule has 0 atom stereocenters. The van der Waals surface area contributed by atoms with E-state index in [-0.39, 0.29) is 24.6 Å². The minimum Gasteiger partial charge on any atom is -0.466 e. The SMILES string of the molecule is CCCCCCCCCOC(=O)CCCCCCCN(CCO)CCCCCCC(C)(C)C(=O)OC(CCCCCCCC)CCCCCCCC. The van der Waals surface area contributed by atoms with Crippen molar-refractivity contribution in [2.75, 3.05) is 32.8 Å². The van der Waals surface area contributed by atoms with Crippen LogP contribution in [-0.2, 0) is 19.1 Å². The fourth-order valence-corrected chi connectivity index (χ4v) is 7.16. The number of carbonyl (C=O) groups is 2. The summed E-state index contributed by atoms with van der Waals surface area (Å²) in [5.74, 6) is -0.0304. The van der Waals surface area contributed by atoms with E-state index in [1.807, 2.05) is 0 Å². The second kappa shape index (κ2) is 38.1. The first-order chi connectivity index (χ1) is 25.3. The topological polar surface area (TPSA) is 76.1 Å². The summed E-state index contributed by atoms with van der Waals surface area (Å²) < 4.78 is 11.6. The first-order valence-electron chi connectivity index (χ1n) is 23.0. The molecule has 0 amide bonds. The van der Waals surface area contributed by atoms with Gasteiger partial charge < -0.3 is 19.5 Å². The van der Waals surface area contributed by atoms with Crippen LogP contribution in [0.3, 0.4) is 0 Å². The predicted molar refractivity (Wildman–Crippen MR) is 223 cm³/mol. The summed E-state index contributed by atoms with van der Waals surface area (Å²) in [5, 5.41) is 9.59. The van der Waals surface area contributed by atoms with Crippen LogP contribution >= 0.6 is 0 Å². The molecule has 0 radical (unpaired) electrons. The Bertz CT molecular complexity index is 756. The molecule has 0 spiro atoms. The monoisotopic (exact) mass is 738 g/mol. The van der Waals surface area contributed by atoms with Gasteiger partial charge >= 0.3 is 11.9 Å². The Hall–Kier alpha value is -1.14. The van der Waals surface area contributed by atoms with Gasteiger partial charge in [-0.25, -0.2) is 0 Å². The number of aliphatic hydroxyl groups excluding tert-OH is 1. The molecule has 1 N–H and O–H groups in total. The first kappa shape index (κ1) is 50.9. The lowest BCUT2D eigenvalue weighted by Gasteiger charge is -2.27. The van der Waals surface area contributed by atoms with Gasteiger partial charge in [-0.2, -0.15) is 0 Å². The van der Waals surface area contributed by atoms with Crippen molar-refractivity contribution >= 4 is 11.9 Å². The Balaban J connectivity index is 4.18. The highest BCUT2D eigenvalue weighted by Crippen LogP contribution is 2.28. The highest BCUT2D eigenvalue weighted by atomic mass is 16.5. The number of ether oxygens (including phenoxy) is 2. The number of nitrogens with zero attached hydrogens (tertiary/aromatic N) is 1. The van der Waals surface area contributed by atoms with Gasteiger partial charge in [0.05, 0.1) is 18.6 Å². The maximum absolute atomic E-state index is 13.3. The zero-order valence-electron chi connectivity index (χ0n) is 35.8. The van der Waals surface area contributed by atoms with Crippen molar-refractivity contribution in [1.82, 2.24) is 4.90 Å². The number of aliphatic hydroxyl groups is 1. The summed E-state index contributed by atoms with van der Waals surface area (Å²) in [6, 6.07) is 0. The van der Waals surface area contributed by atoms with E-state index in [1.54, 1.807) is 0 Å². The summed E-state index contributed by atoms with van der Waals surface area (Å²) >= 11 is 0. The van der Waals surface area contributed by atoms with Gasteiger partial charge in [0.15, 0.2) is 0 Å². The molecule has 52 heavy (non-hydrogen) atoms. The van der Waals surface area contributed by atoms with Crippen LogP contribution in [0.25, 0.3) is 0 Å². The standard InChI is InChI=1S/C46H91NO5/c1-6-9-12-15-18-26-33-42-51-44(49)36-29-22-19-24-31-38-47(40-41-48)39-32-25-23-30-37-46(4,5)45(50)52-43(34-27-20-16-13-10-7-2)35-28-21-17-14-11-8-3/h43,48H,6-42H2,1-5H3. The third kappa shape index (κ3) is 33.4. The van der Waals surface area contributed by atoms with E-state index in [1.165, 1.54) is 122 Å². The number of unbranched alkanes of at least 4 members (excludes halogenated alkanes) is 23. The fourth-order valence-electron chi connectivity index (χ4n) is 7.16. The molecule has 0 aromatic carbocycles. The highest BCUT2D eigenvalue weighted by molar-refractivity contribution is 5.76. The van der Waals surface area contributed by atoms with Gasteiger partial charge in [0.25, 0.3) is 0 Å². The number of esters is 2. The molecule has 0 saturated carbocycles. The van der Waals surface area contributed by atoms with Gasteiger partial charge in [0.2, 0.25) is 0 Å². The van der Waals surface area contributed by atoms with Crippen LogP contribution in [0.15, 0.2) is 0 Å². The van der Waals surface area contributed by atoms with Gasteiger partial charge in [-0.3, -0.25) is 9.59 Å². The molecular weight excluding hydrogens is 647 g/mol. The van der Waals surface area contributed by atoms with E-state index in [0.717, 1.165) is 96.7 Å². The minimum absolute atomic E-state index is 0.00215. The Morgan fingerprint density at radius 2 is 0.962 bits per heavy atom. The van der Waals surface area contributed by atoms with Crippen molar-refractivity contribution < 1.29 is 24.2 Å². The average Bonchev–Trinajstić information content (AvgIpc) is 3.12. The zero-order valence-corrected chi connectivity index (χ0v) is 35.8. The molecule has 0 rings (SSSR count). The molecule has 0 heterocycles. The zero-order chi connectivity index (χ0) is 38.4. The van der Waals surface area contributed by atoms with E-state index in [2.05, 4.69) is 39.5 Å². The Morgan fingerprint density at radius 3 is 1.46 bits per heavy atom. The third-order valence-corrected chi connectivity index (χ3v) is 10.9. The minimum atomic E-state index is -0.434. The molecule has 0 aromatic heterocycles. The van der Waals surface area contributed by atoms with Gasteiger partial charge in [-0.1, -0.05) is 162 Å². The van der Waals surface area contributed by atoms with Crippen LogP contribution in [0.1, 0.15) is 240 Å². The van der Waals surface area contributed by atoms with Gasteiger partial charge in [-0.15, -0.1) is 0 Å². The molecule has 310 valence electrons. The number of hydrogen-bond acceptors (Lipinski definition) is 6. The van der Waals surface area contributed by atoms with Crippen LogP contribution in [0.5, 0.6) is 0 Å². The normalized spacial score (nSPS) is 11.9. The molecule has 0 aromatic rings. The van der Waals surface area contributed by atoms with E-state index in [0.29, 0.717) is 13.0 Å². The molecular formula is C46H91NO5. The second-order valence-electron chi connectivity index (χ2n) is 16.6. The van der Waals surface area contributed by atoms with Crippen LogP contribution in [0.2, 0.25) is 0 Å². The summed E-state index contributed by atoms with van der Waals surface area (Å²) in [6.45, 7) is 14.5. The predicted octanol–water partition coefficient (Wildman–Crippen LogP) is 13.3. The molecule has 6 nitrogen and oxygen atoms in total. The van der Waals surface area contributed by atoms with Crippen molar-refractivity contribution in [3.63, 3.8) is 0 Å². The third-order valence-electron chi connectivity index (χ3n) is 10.9. The maximum Gasteiger partial charge on any atom is 0.311 e. The van der Waals surface area contributed by atoms with E-state index < -0.39 is 5.41 Å². The Morgan fingerprint density at radius 1 is 0.538 bits per heavy atom. The summed E-state index contributed by atoms with van der Waals surface area (Å²) in [7, 11) is 0. The number of carbonyl (C=O) groups excluding carboxylic acids is 2. The van der Waals surface area contributed by atoms with Crippen molar-refractivity contribution in [3.8, 4) is 0 Å². The lowest BCUT2D eigenvalue weighted by atomic mass is 9.86. The Labute approximate surface area is 324 Å². The molecule has 0 fully saturated rings. The van der Waals surface area contributed by atoms with Crippen LogP contribution in [0, 0.1) is 5.41 Å². The summed E-state index contributed by atoms with van der Waals surface area (Å²) in [5.41, 5.74) is -0.434. The van der Waals surface area contributed by atoms with Crippen LogP contribution in [-0.4, -0.2) is 60.9 Å². The maximum atomic E-state index is 13.3.